The summed E-state index contributed by atoms with van der Waals surface area (Å²) in [5.41, 5.74) is 1.65. The van der Waals surface area contributed by atoms with Crippen molar-refractivity contribution in [2.24, 2.45) is 0 Å². The first-order valence-electron chi connectivity index (χ1n) is 8.41. The summed E-state index contributed by atoms with van der Waals surface area (Å²) in [6.45, 7) is 1.91. The van der Waals surface area contributed by atoms with E-state index in [9.17, 15) is 13.2 Å². The number of fused-ring (bicyclic) bond motifs is 1. The normalized spacial score (nSPS) is 11.7. The first-order chi connectivity index (χ1) is 13.8. The van der Waals surface area contributed by atoms with Crippen molar-refractivity contribution in [3.63, 3.8) is 0 Å². The van der Waals surface area contributed by atoms with E-state index in [0.29, 0.717) is 15.8 Å². The van der Waals surface area contributed by atoms with E-state index in [1.165, 1.54) is 35.6 Å². The summed E-state index contributed by atoms with van der Waals surface area (Å²) < 4.78 is 26.3. The molecule has 0 spiro atoms. The molecule has 4 aromatic rings. The minimum atomic E-state index is -4.12. The summed E-state index contributed by atoms with van der Waals surface area (Å²) in [6, 6.07) is 12.8. The SMILES string of the molecule is Cc1nnc2sc(-c3ccc(CNC(=O)S(=O)(=O)c4ccc(Cl)cc4)cc3)nn12. The van der Waals surface area contributed by atoms with Crippen molar-refractivity contribution in [2.75, 3.05) is 0 Å². The smallest absolute Gasteiger partial charge is 0.338 e. The molecule has 0 bridgehead atoms. The molecule has 0 saturated carbocycles. The number of hydrogen-bond donors (Lipinski definition) is 1. The molecule has 2 aromatic carbocycles. The Kier molecular flexibility index (Phi) is 5.07. The van der Waals surface area contributed by atoms with Crippen molar-refractivity contribution in [3.05, 3.63) is 64.9 Å². The number of halogens is 1. The molecule has 2 aromatic heterocycles. The molecule has 0 unspecified atom stereocenters. The second-order valence-corrected chi connectivity index (χ2v) is 9.39. The van der Waals surface area contributed by atoms with Gasteiger partial charge in [0.05, 0.1) is 4.90 Å². The number of carbonyl (C=O) groups is 1. The molecule has 11 heteroatoms. The van der Waals surface area contributed by atoms with Crippen LogP contribution in [0.5, 0.6) is 0 Å². The summed E-state index contributed by atoms with van der Waals surface area (Å²) in [7, 11) is -4.12. The second-order valence-electron chi connectivity index (χ2n) is 6.14. The number of aryl methyl sites for hydroxylation is 1. The Morgan fingerprint density at radius 1 is 1.10 bits per heavy atom. The Balaban J connectivity index is 1.44. The summed E-state index contributed by atoms with van der Waals surface area (Å²) in [5, 5.41) is 15.0. The number of nitrogens with one attached hydrogen (secondary N) is 1. The highest BCUT2D eigenvalue weighted by Gasteiger charge is 2.24. The van der Waals surface area contributed by atoms with Crippen molar-refractivity contribution in [3.8, 4) is 10.6 Å². The van der Waals surface area contributed by atoms with Gasteiger partial charge in [0.15, 0.2) is 5.82 Å². The summed E-state index contributed by atoms with van der Waals surface area (Å²) in [4.78, 5) is 12.8. The van der Waals surface area contributed by atoms with Gasteiger partial charge < -0.3 is 5.32 Å². The summed E-state index contributed by atoms with van der Waals surface area (Å²) >= 11 is 7.17. The maximum Gasteiger partial charge on any atom is 0.341 e. The van der Waals surface area contributed by atoms with Crippen LogP contribution >= 0.6 is 22.9 Å². The Morgan fingerprint density at radius 2 is 1.79 bits per heavy atom. The van der Waals surface area contributed by atoms with Crippen molar-refractivity contribution in [2.45, 2.75) is 18.4 Å². The molecule has 148 valence electrons. The van der Waals surface area contributed by atoms with Crippen LogP contribution in [0.1, 0.15) is 11.4 Å². The number of aromatic nitrogens is 4. The lowest BCUT2D eigenvalue weighted by molar-refractivity contribution is 0.258. The summed E-state index contributed by atoms with van der Waals surface area (Å²) in [5.74, 6) is 0.712. The highest BCUT2D eigenvalue weighted by atomic mass is 35.5. The topological polar surface area (TPSA) is 106 Å². The first-order valence-corrected chi connectivity index (χ1v) is 11.1. The number of benzene rings is 2. The van der Waals surface area contributed by atoms with Crippen molar-refractivity contribution >= 4 is 43.0 Å². The highest BCUT2D eigenvalue weighted by molar-refractivity contribution is 8.06. The van der Waals surface area contributed by atoms with Crippen LogP contribution in [0.25, 0.3) is 15.5 Å². The van der Waals surface area contributed by atoms with Crippen LogP contribution in [0.3, 0.4) is 0 Å². The number of carbonyl (C=O) groups excluding carboxylic acids is 1. The Bertz CT molecular complexity index is 1300. The molecule has 8 nitrogen and oxygen atoms in total. The molecule has 1 N–H and O–H groups in total. The second kappa shape index (κ2) is 7.54. The molecule has 0 fully saturated rings. The van der Waals surface area contributed by atoms with Gasteiger partial charge in [-0.25, -0.2) is 8.42 Å². The van der Waals surface area contributed by atoms with Gasteiger partial charge in [0, 0.05) is 17.1 Å². The third-order valence-corrected chi connectivity index (χ3v) is 6.88. The lowest BCUT2D eigenvalue weighted by Gasteiger charge is -2.07. The van der Waals surface area contributed by atoms with E-state index in [2.05, 4.69) is 20.6 Å². The van der Waals surface area contributed by atoms with E-state index in [0.717, 1.165) is 16.1 Å². The fourth-order valence-electron chi connectivity index (χ4n) is 2.59. The maximum atomic E-state index is 12.3. The van der Waals surface area contributed by atoms with Gasteiger partial charge in [-0.15, -0.1) is 10.2 Å². The van der Waals surface area contributed by atoms with Crippen LogP contribution in [0.2, 0.25) is 5.02 Å². The predicted molar refractivity (Wildman–Crippen MR) is 110 cm³/mol. The Morgan fingerprint density at radius 3 is 2.45 bits per heavy atom. The number of amides is 1. The van der Waals surface area contributed by atoms with E-state index in [1.807, 2.05) is 19.1 Å². The lowest BCUT2D eigenvalue weighted by Crippen LogP contribution is -2.29. The van der Waals surface area contributed by atoms with Gasteiger partial charge in [-0.2, -0.15) is 9.61 Å². The summed E-state index contributed by atoms with van der Waals surface area (Å²) in [6.07, 6.45) is 0. The first kappa shape index (κ1) is 19.5. The minimum absolute atomic E-state index is 0.0795. The largest absolute Gasteiger partial charge is 0.341 e. The van der Waals surface area contributed by atoms with E-state index in [-0.39, 0.29) is 11.4 Å². The average Bonchev–Trinajstić information content (AvgIpc) is 3.29. The number of sulfone groups is 1. The molecule has 0 saturated heterocycles. The maximum absolute atomic E-state index is 12.3. The predicted octanol–water partition coefficient (Wildman–Crippen LogP) is 3.50. The quantitative estimate of drug-likeness (QED) is 0.513. The zero-order valence-electron chi connectivity index (χ0n) is 15.0. The molecule has 29 heavy (non-hydrogen) atoms. The zero-order valence-corrected chi connectivity index (χ0v) is 17.4. The monoisotopic (exact) mass is 447 g/mol. The van der Waals surface area contributed by atoms with Crippen LogP contribution in [-0.2, 0) is 16.4 Å². The molecule has 0 aliphatic carbocycles. The van der Waals surface area contributed by atoms with Crippen LogP contribution in [0.4, 0.5) is 4.79 Å². The third kappa shape index (κ3) is 3.86. The molecule has 0 aliphatic heterocycles. The number of rotatable bonds is 4. The van der Waals surface area contributed by atoms with E-state index < -0.39 is 15.1 Å². The third-order valence-electron chi connectivity index (χ3n) is 4.15. The van der Waals surface area contributed by atoms with Crippen LogP contribution < -0.4 is 5.32 Å². The zero-order chi connectivity index (χ0) is 20.6. The lowest BCUT2D eigenvalue weighted by atomic mass is 10.1. The van der Waals surface area contributed by atoms with Gasteiger partial charge in [0.2, 0.25) is 4.96 Å². The molecule has 2 heterocycles. The fraction of sp³-hybridized carbons (Fsp3) is 0.111. The van der Waals surface area contributed by atoms with Gasteiger partial charge in [0.25, 0.3) is 9.84 Å². The van der Waals surface area contributed by atoms with E-state index in [4.69, 9.17) is 11.6 Å². The molecule has 0 radical (unpaired) electrons. The number of nitrogens with zero attached hydrogens (tertiary/aromatic N) is 4. The Hall–Kier alpha value is -2.82. The number of hydrogen-bond acceptors (Lipinski definition) is 7. The van der Waals surface area contributed by atoms with Gasteiger partial charge >= 0.3 is 5.24 Å². The average molecular weight is 448 g/mol. The fourth-order valence-corrected chi connectivity index (χ4v) is 4.57. The highest BCUT2D eigenvalue weighted by Crippen LogP contribution is 2.25. The standard InChI is InChI=1S/C18H14ClN5O3S2/c1-11-21-22-17-24(11)23-16(28-17)13-4-2-12(3-5-13)10-20-18(25)29(26,27)15-8-6-14(19)7-9-15/h2-9H,10H2,1H3,(H,20,25). The molecular formula is C18H14ClN5O3S2. The van der Waals surface area contributed by atoms with Crippen molar-refractivity contribution in [1.82, 2.24) is 25.1 Å². The minimum Gasteiger partial charge on any atom is -0.338 e. The molecular weight excluding hydrogens is 434 g/mol. The van der Waals surface area contributed by atoms with Crippen molar-refractivity contribution in [1.29, 1.82) is 0 Å². The van der Waals surface area contributed by atoms with E-state index in [1.54, 1.807) is 16.6 Å². The van der Waals surface area contributed by atoms with Crippen molar-refractivity contribution < 1.29 is 13.2 Å². The molecule has 4 rings (SSSR count). The Labute approximate surface area is 175 Å². The van der Waals surface area contributed by atoms with Gasteiger partial charge in [-0.1, -0.05) is 47.2 Å². The van der Waals surface area contributed by atoms with Crippen LogP contribution in [0.15, 0.2) is 53.4 Å². The molecule has 0 aliphatic rings. The van der Waals surface area contributed by atoms with Crippen LogP contribution in [0, 0.1) is 6.92 Å². The van der Waals surface area contributed by atoms with Gasteiger partial charge in [0.1, 0.15) is 5.01 Å². The van der Waals surface area contributed by atoms with Gasteiger partial charge in [-0.3, -0.25) is 4.79 Å². The van der Waals surface area contributed by atoms with E-state index >= 15 is 0 Å². The van der Waals surface area contributed by atoms with Gasteiger partial charge in [-0.05, 0) is 36.8 Å². The van der Waals surface area contributed by atoms with Crippen LogP contribution in [-0.4, -0.2) is 33.5 Å². The molecule has 1 amide bonds. The molecule has 0 atom stereocenters.